The van der Waals surface area contributed by atoms with Gasteiger partial charge in [0.15, 0.2) is 0 Å². The number of esters is 4. The Morgan fingerprint density at radius 2 is 0.569 bits per heavy atom. The Morgan fingerprint density at radius 1 is 0.353 bits per heavy atom. The monoisotopic (exact) mass is 739 g/mol. The summed E-state index contributed by atoms with van der Waals surface area (Å²) < 4.78 is 10.1. The lowest BCUT2D eigenvalue weighted by Crippen LogP contribution is -2.19. The van der Waals surface area contributed by atoms with Gasteiger partial charge in [-0.05, 0) is 12.8 Å². The molecular formula is C44H82O6S. The topological polar surface area (TPSA) is 86.7 Å². The van der Waals surface area contributed by atoms with Crippen LogP contribution in [0.3, 0.4) is 0 Å². The minimum absolute atomic E-state index is 0.104. The molecule has 0 N–H and O–H groups in total. The Morgan fingerprint density at radius 3 is 0.804 bits per heavy atom. The molecule has 0 aromatic rings. The van der Waals surface area contributed by atoms with Gasteiger partial charge in [-0.2, -0.15) is 11.8 Å². The number of carbonyl (C=O) groups excluding carboxylic acids is 4. The van der Waals surface area contributed by atoms with Crippen molar-refractivity contribution < 1.29 is 28.7 Å². The third-order valence-electron chi connectivity index (χ3n) is 9.80. The van der Waals surface area contributed by atoms with Gasteiger partial charge in [-0.1, -0.05) is 207 Å². The van der Waals surface area contributed by atoms with Crippen molar-refractivity contribution in [2.75, 3.05) is 0 Å². The highest BCUT2D eigenvalue weighted by Gasteiger charge is 2.20. The number of rotatable bonds is 38. The summed E-state index contributed by atoms with van der Waals surface area (Å²) in [6.07, 6.45) is 38.7. The zero-order chi connectivity index (χ0) is 37.6. The quantitative estimate of drug-likeness (QED) is 0.0354. The second-order valence-corrected chi connectivity index (χ2v) is 17.1. The van der Waals surface area contributed by atoms with Crippen LogP contribution in [-0.2, 0) is 28.7 Å². The average Bonchev–Trinajstić information content (AvgIpc) is 3.07. The minimum Gasteiger partial charge on any atom is -0.393 e. The van der Waals surface area contributed by atoms with Crippen molar-refractivity contribution >= 4 is 35.6 Å². The molecule has 0 aliphatic carbocycles. The van der Waals surface area contributed by atoms with Gasteiger partial charge in [0.25, 0.3) is 0 Å². The van der Waals surface area contributed by atoms with Gasteiger partial charge in [0.2, 0.25) is 0 Å². The number of hydrogen-bond acceptors (Lipinski definition) is 7. The molecule has 7 heteroatoms. The lowest BCUT2D eigenvalue weighted by atomic mass is 10.0. The summed E-state index contributed by atoms with van der Waals surface area (Å²) in [5, 5.41) is -0.232. The van der Waals surface area contributed by atoms with Crippen LogP contribution >= 0.6 is 11.8 Å². The predicted octanol–water partition coefficient (Wildman–Crippen LogP) is 13.9. The fourth-order valence-electron chi connectivity index (χ4n) is 6.68. The maximum absolute atomic E-state index is 12.3. The Kier molecular flexibility index (Phi) is 37.3. The second kappa shape index (κ2) is 38.4. The van der Waals surface area contributed by atoms with Crippen LogP contribution in [0.1, 0.15) is 246 Å². The second-order valence-electron chi connectivity index (χ2n) is 15.3. The first-order chi connectivity index (χ1) is 24.8. The van der Waals surface area contributed by atoms with Crippen LogP contribution in [0.5, 0.6) is 0 Å². The van der Waals surface area contributed by atoms with Crippen LogP contribution in [0, 0.1) is 0 Å². The van der Waals surface area contributed by atoms with E-state index < -0.39 is 23.9 Å². The normalized spacial score (nSPS) is 12.5. The third-order valence-corrected chi connectivity index (χ3v) is 11.1. The molecule has 0 aromatic carbocycles. The number of ether oxygens (including phenoxy) is 2. The molecule has 0 bridgehead atoms. The molecule has 0 saturated carbocycles. The molecule has 0 aliphatic heterocycles. The van der Waals surface area contributed by atoms with E-state index in [0.717, 1.165) is 38.5 Å². The summed E-state index contributed by atoms with van der Waals surface area (Å²) in [6, 6.07) is 0. The Balaban J connectivity index is 3.68. The van der Waals surface area contributed by atoms with Crippen molar-refractivity contribution in [3.8, 4) is 0 Å². The summed E-state index contributed by atoms with van der Waals surface area (Å²) in [7, 11) is 0. The molecule has 0 aliphatic rings. The lowest BCUT2D eigenvalue weighted by Gasteiger charge is -2.15. The van der Waals surface area contributed by atoms with Gasteiger partial charge in [0, 0.05) is 23.3 Å². The minimum atomic E-state index is -0.519. The van der Waals surface area contributed by atoms with E-state index in [1.807, 2.05) is 13.8 Å². The standard InChI is InChI=1S/C44H82O6S/c1-5-7-9-11-13-15-17-19-21-23-25-27-29-31-33-35-41(45)49-43(47)37-39(3)51-40(4)38-44(48)50-42(46)36-34-32-30-28-26-24-22-20-18-16-14-12-10-8-6-2/h39-40H,5-38H2,1-4H3. The summed E-state index contributed by atoms with van der Waals surface area (Å²) in [4.78, 5) is 48.8. The van der Waals surface area contributed by atoms with Gasteiger partial charge >= 0.3 is 23.9 Å². The largest absolute Gasteiger partial charge is 0.393 e. The molecule has 0 heterocycles. The van der Waals surface area contributed by atoms with Crippen LogP contribution in [0.4, 0.5) is 0 Å². The van der Waals surface area contributed by atoms with Gasteiger partial charge in [0.1, 0.15) is 0 Å². The van der Waals surface area contributed by atoms with Crippen molar-refractivity contribution in [1.82, 2.24) is 0 Å². The maximum atomic E-state index is 12.3. The molecule has 0 fully saturated rings. The first-order valence-corrected chi connectivity index (χ1v) is 22.8. The van der Waals surface area contributed by atoms with Crippen molar-refractivity contribution in [3.63, 3.8) is 0 Å². The molecule has 0 radical (unpaired) electrons. The molecular weight excluding hydrogens is 657 g/mol. The van der Waals surface area contributed by atoms with E-state index in [1.54, 1.807) is 0 Å². The zero-order valence-corrected chi connectivity index (χ0v) is 34.9. The van der Waals surface area contributed by atoms with Gasteiger partial charge in [-0.25, -0.2) is 0 Å². The smallest absolute Gasteiger partial charge is 0.314 e. The van der Waals surface area contributed by atoms with E-state index in [2.05, 4.69) is 13.8 Å². The molecule has 2 atom stereocenters. The van der Waals surface area contributed by atoms with Crippen molar-refractivity contribution in [2.24, 2.45) is 0 Å². The summed E-state index contributed by atoms with van der Waals surface area (Å²) in [5.74, 6) is -1.93. The fourth-order valence-corrected chi connectivity index (χ4v) is 7.94. The molecule has 51 heavy (non-hydrogen) atoms. The number of thioether (sulfide) groups is 1. The highest BCUT2D eigenvalue weighted by Crippen LogP contribution is 2.24. The van der Waals surface area contributed by atoms with E-state index in [9.17, 15) is 19.2 Å². The molecule has 0 rings (SSSR count). The Hall–Kier alpha value is -1.37. The van der Waals surface area contributed by atoms with Crippen LogP contribution in [0.2, 0.25) is 0 Å². The van der Waals surface area contributed by atoms with E-state index >= 15 is 0 Å². The molecule has 0 saturated heterocycles. The number of carbonyl (C=O) groups is 4. The van der Waals surface area contributed by atoms with Crippen LogP contribution in [-0.4, -0.2) is 34.4 Å². The molecule has 0 amide bonds. The highest BCUT2D eigenvalue weighted by molar-refractivity contribution is 8.00. The van der Waals surface area contributed by atoms with Crippen molar-refractivity contribution in [3.05, 3.63) is 0 Å². The van der Waals surface area contributed by atoms with E-state index in [1.165, 1.54) is 166 Å². The number of unbranched alkanes of at least 4 members (excludes halogenated alkanes) is 28. The first kappa shape index (κ1) is 49.6. The Labute approximate surface area is 319 Å². The van der Waals surface area contributed by atoms with Crippen molar-refractivity contribution in [1.29, 1.82) is 0 Å². The average molecular weight is 739 g/mol. The number of hydrogen-bond donors (Lipinski definition) is 0. The maximum Gasteiger partial charge on any atom is 0.314 e. The van der Waals surface area contributed by atoms with Crippen LogP contribution in [0.25, 0.3) is 0 Å². The lowest BCUT2D eigenvalue weighted by molar-refractivity contribution is -0.161. The molecule has 300 valence electrons. The summed E-state index contributed by atoms with van der Waals surface area (Å²) >= 11 is 1.47. The Bertz CT molecular complexity index is 764. The molecule has 2 unspecified atom stereocenters. The highest BCUT2D eigenvalue weighted by atomic mass is 32.2. The van der Waals surface area contributed by atoms with Crippen LogP contribution in [0.15, 0.2) is 0 Å². The first-order valence-electron chi connectivity index (χ1n) is 21.9. The third kappa shape index (κ3) is 38.2. The van der Waals surface area contributed by atoms with E-state index in [4.69, 9.17) is 9.47 Å². The molecule has 0 spiro atoms. The fraction of sp³-hybridized carbons (Fsp3) is 0.909. The molecule has 0 aromatic heterocycles. The van der Waals surface area contributed by atoms with Gasteiger partial charge in [-0.15, -0.1) is 0 Å². The summed E-state index contributed by atoms with van der Waals surface area (Å²) in [5.41, 5.74) is 0. The van der Waals surface area contributed by atoms with Crippen LogP contribution < -0.4 is 0 Å². The SMILES string of the molecule is CCCCCCCCCCCCCCCCCC(=O)OC(=O)CC(C)SC(C)CC(=O)OC(=O)CCCCCCCCCCCCCCCCC. The van der Waals surface area contributed by atoms with Gasteiger partial charge < -0.3 is 9.47 Å². The van der Waals surface area contributed by atoms with Gasteiger partial charge in [0.05, 0.1) is 12.8 Å². The summed E-state index contributed by atoms with van der Waals surface area (Å²) in [6.45, 7) is 8.29. The van der Waals surface area contributed by atoms with E-state index in [-0.39, 0.29) is 36.2 Å². The van der Waals surface area contributed by atoms with E-state index in [0.29, 0.717) is 0 Å². The molecule has 6 nitrogen and oxygen atoms in total. The predicted molar refractivity (Wildman–Crippen MR) is 217 cm³/mol. The van der Waals surface area contributed by atoms with Gasteiger partial charge in [-0.3, -0.25) is 19.2 Å². The van der Waals surface area contributed by atoms with Crippen molar-refractivity contribution in [2.45, 2.75) is 257 Å². The zero-order valence-electron chi connectivity index (χ0n) is 34.1.